The van der Waals surface area contributed by atoms with Gasteiger partial charge in [0.2, 0.25) is 5.91 Å². The summed E-state index contributed by atoms with van der Waals surface area (Å²) in [5.41, 5.74) is 3.47. The number of amides is 2. The minimum atomic E-state index is -1.11. The van der Waals surface area contributed by atoms with E-state index in [2.05, 4.69) is 29.6 Å². The number of carboxylic acid groups (broad SMARTS) is 1. The average Bonchev–Trinajstić information content (AvgIpc) is 3.49. The molecule has 0 bridgehead atoms. The SMILES string of the molecule is CCC(C)(NC(=O)OCC1c2ccccc2-c2ccccc21)C(=O)N1CCC2C(C1)C2C(=O)O. The van der Waals surface area contributed by atoms with E-state index in [1.807, 2.05) is 31.2 Å². The molecular weight excluding hydrogens is 432 g/mol. The fourth-order valence-electron chi connectivity index (χ4n) is 5.79. The van der Waals surface area contributed by atoms with Gasteiger partial charge < -0.3 is 20.1 Å². The number of benzene rings is 2. The van der Waals surface area contributed by atoms with Crippen LogP contribution in [-0.2, 0) is 14.3 Å². The third-order valence-electron chi connectivity index (χ3n) is 7.97. The van der Waals surface area contributed by atoms with Crippen LogP contribution in [0.4, 0.5) is 4.79 Å². The van der Waals surface area contributed by atoms with Gasteiger partial charge in [-0.1, -0.05) is 55.5 Å². The van der Waals surface area contributed by atoms with Crippen LogP contribution >= 0.6 is 0 Å². The zero-order chi connectivity index (χ0) is 24.0. The number of nitrogens with zero attached hydrogens (tertiary/aromatic N) is 1. The normalized spacial score (nSPS) is 24.3. The molecule has 4 unspecified atom stereocenters. The number of carbonyl (C=O) groups excluding carboxylic acids is 2. The molecule has 1 saturated heterocycles. The van der Waals surface area contributed by atoms with Gasteiger partial charge >= 0.3 is 12.1 Å². The fraction of sp³-hybridized carbons (Fsp3) is 0.444. The van der Waals surface area contributed by atoms with E-state index in [4.69, 9.17) is 4.74 Å². The second-order valence-electron chi connectivity index (χ2n) is 9.87. The van der Waals surface area contributed by atoms with Crippen molar-refractivity contribution in [1.29, 1.82) is 0 Å². The maximum Gasteiger partial charge on any atom is 0.408 e. The lowest BCUT2D eigenvalue weighted by atomic mass is 9.95. The first-order valence-electron chi connectivity index (χ1n) is 12.0. The number of hydrogen-bond acceptors (Lipinski definition) is 4. The first-order chi connectivity index (χ1) is 16.3. The lowest BCUT2D eigenvalue weighted by Crippen LogP contribution is -2.58. The Hall–Kier alpha value is -3.35. The number of carbonyl (C=O) groups is 3. The van der Waals surface area contributed by atoms with E-state index in [1.54, 1.807) is 11.8 Å². The van der Waals surface area contributed by atoms with E-state index in [0.29, 0.717) is 25.9 Å². The van der Waals surface area contributed by atoms with Crippen LogP contribution in [0.15, 0.2) is 48.5 Å². The Labute approximate surface area is 199 Å². The molecule has 0 spiro atoms. The third-order valence-corrected chi connectivity index (χ3v) is 7.97. The number of alkyl carbamates (subject to hydrolysis) is 1. The highest BCUT2D eigenvalue weighted by atomic mass is 16.5. The summed E-state index contributed by atoms with van der Waals surface area (Å²) in [6.07, 6.45) is 0.477. The zero-order valence-corrected chi connectivity index (χ0v) is 19.5. The number of rotatable bonds is 6. The molecule has 34 heavy (non-hydrogen) atoms. The summed E-state index contributed by atoms with van der Waals surface area (Å²) in [6.45, 7) is 4.70. The fourth-order valence-corrected chi connectivity index (χ4v) is 5.79. The molecule has 2 aromatic carbocycles. The molecule has 0 radical (unpaired) electrons. The molecule has 3 aliphatic rings. The number of fused-ring (bicyclic) bond motifs is 4. The lowest BCUT2D eigenvalue weighted by molar-refractivity contribution is -0.140. The van der Waals surface area contributed by atoms with E-state index >= 15 is 0 Å². The number of piperidine rings is 1. The monoisotopic (exact) mass is 462 g/mol. The van der Waals surface area contributed by atoms with Gasteiger partial charge in [-0.15, -0.1) is 0 Å². The van der Waals surface area contributed by atoms with Gasteiger partial charge in [0.25, 0.3) is 0 Å². The standard InChI is InChI=1S/C27H30N2O5/c1-3-27(2,25(32)29-13-12-20-21(14-29)23(20)24(30)31)28-26(33)34-15-22-18-10-6-4-8-16(18)17-9-5-7-11-19(17)22/h4-11,20-23H,3,12-15H2,1-2H3,(H,28,33)(H,30,31). The van der Waals surface area contributed by atoms with Crippen LogP contribution < -0.4 is 5.32 Å². The molecule has 2 fully saturated rings. The molecule has 5 rings (SSSR count). The molecule has 7 nitrogen and oxygen atoms in total. The minimum Gasteiger partial charge on any atom is -0.481 e. The van der Waals surface area contributed by atoms with Crippen LogP contribution in [0.25, 0.3) is 11.1 Å². The number of nitrogens with one attached hydrogen (secondary N) is 1. The minimum absolute atomic E-state index is 0.0192. The van der Waals surface area contributed by atoms with Crippen molar-refractivity contribution >= 4 is 18.0 Å². The van der Waals surface area contributed by atoms with Crippen molar-refractivity contribution in [3.8, 4) is 11.1 Å². The van der Waals surface area contributed by atoms with Gasteiger partial charge in [0.1, 0.15) is 12.1 Å². The molecule has 1 aliphatic heterocycles. The third kappa shape index (κ3) is 3.73. The molecular formula is C27H30N2O5. The van der Waals surface area contributed by atoms with E-state index < -0.39 is 17.6 Å². The number of ether oxygens (including phenoxy) is 1. The molecule has 1 saturated carbocycles. The first-order valence-corrected chi connectivity index (χ1v) is 12.0. The van der Waals surface area contributed by atoms with Crippen LogP contribution in [0.5, 0.6) is 0 Å². The van der Waals surface area contributed by atoms with Gasteiger partial charge in [0.05, 0.1) is 5.92 Å². The first kappa shape index (κ1) is 22.4. The Morgan fingerprint density at radius 3 is 2.26 bits per heavy atom. The summed E-state index contributed by atoms with van der Waals surface area (Å²) in [6, 6.07) is 16.3. The summed E-state index contributed by atoms with van der Waals surface area (Å²) in [5, 5.41) is 12.1. The number of carboxylic acids is 1. The molecule has 178 valence electrons. The average molecular weight is 463 g/mol. The Bertz CT molecular complexity index is 1100. The maximum atomic E-state index is 13.3. The molecule has 2 N–H and O–H groups in total. The molecule has 4 atom stereocenters. The van der Waals surface area contributed by atoms with Crippen molar-refractivity contribution in [2.24, 2.45) is 17.8 Å². The van der Waals surface area contributed by atoms with Gasteiger partial charge in [0.15, 0.2) is 0 Å². The van der Waals surface area contributed by atoms with E-state index in [1.165, 1.54) is 0 Å². The smallest absolute Gasteiger partial charge is 0.408 e. The lowest BCUT2D eigenvalue weighted by Gasteiger charge is -2.36. The molecule has 0 aromatic heterocycles. The second kappa shape index (κ2) is 8.46. The number of hydrogen-bond donors (Lipinski definition) is 2. The van der Waals surface area contributed by atoms with Crippen molar-refractivity contribution < 1.29 is 24.2 Å². The highest BCUT2D eigenvalue weighted by molar-refractivity contribution is 5.90. The number of likely N-dealkylation sites (tertiary alicyclic amines) is 1. The predicted molar refractivity (Wildman–Crippen MR) is 126 cm³/mol. The summed E-state index contributed by atoms with van der Waals surface area (Å²) in [7, 11) is 0. The summed E-state index contributed by atoms with van der Waals surface area (Å²) in [5.74, 6) is -1.17. The Balaban J connectivity index is 1.23. The van der Waals surface area contributed by atoms with E-state index in [0.717, 1.165) is 22.3 Å². The van der Waals surface area contributed by atoms with Crippen LogP contribution in [0.1, 0.15) is 43.7 Å². The van der Waals surface area contributed by atoms with Gasteiger partial charge in [-0.05, 0) is 53.9 Å². The Morgan fingerprint density at radius 2 is 1.68 bits per heavy atom. The van der Waals surface area contributed by atoms with Crippen LogP contribution in [0.3, 0.4) is 0 Å². The Kier molecular flexibility index (Phi) is 5.58. The van der Waals surface area contributed by atoms with E-state index in [9.17, 15) is 19.5 Å². The quantitative estimate of drug-likeness (QED) is 0.679. The van der Waals surface area contributed by atoms with E-state index in [-0.39, 0.29) is 36.2 Å². The van der Waals surface area contributed by atoms with Gasteiger partial charge in [-0.25, -0.2) is 4.79 Å². The molecule has 2 aromatic rings. The maximum absolute atomic E-state index is 13.3. The Morgan fingerprint density at radius 1 is 1.06 bits per heavy atom. The molecule has 1 heterocycles. The van der Waals surface area contributed by atoms with Crippen molar-refractivity contribution in [2.45, 2.75) is 38.1 Å². The second-order valence-corrected chi connectivity index (χ2v) is 9.87. The van der Waals surface area contributed by atoms with Crippen molar-refractivity contribution in [1.82, 2.24) is 10.2 Å². The highest BCUT2D eigenvalue weighted by Crippen LogP contribution is 2.52. The van der Waals surface area contributed by atoms with Crippen molar-refractivity contribution in [3.05, 3.63) is 59.7 Å². The van der Waals surface area contributed by atoms with Crippen molar-refractivity contribution in [3.63, 3.8) is 0 Å². The summed E-state index contributed by atoms with van der Waals surface area (Å²) < 4.78 is 5.65. The van der Waals surface area contributed by atoms with Gasteiger partial charge in [-0.2, -0.15) is 0 Å². The van der Waals surface area contributed by atoms with Gasteiger partial charge in [-0.3, -0.25) is 9.59 Å². The van der Waals surface area contributed by atoms with Crippen LogP contribution in [-0.4, -0.2) is 53.2 Å². The largest absolute Gasteiger partial charge is 0.481 e. The highest BCUT2D eigenvalue weighted by Gasteiger charge is 2.58. The topological polar surface area (TPSA) is 95.9 Å². The molecule has 7 heteroatoms. The van der Waals surface area contributed by atoms with Crippen LogP contribution in [0, 0.1) is 17.8 Å². The zero-order valence-electron chi connectivity index (χ0n) is 19.5. The molecule has 2 amide bonds. The predicted octanol–water partition coefficient (Wildman–Crippen LogP) is 3.87. The molecule has 2 aliphatic carbocycles. The summed E-state index contributed by atoms with van der Waals surface area (Å²) >= 11 is 0. The van der Waals surface area contributed by atoms with Crippen LogP contribution in [0.2, 0.25) is 0 Å². The number of aliphatic carboxylic acids is 1. The van der Waals surface area contributed by atoms with Gasteiger partial charge in [0, 0.05) is 19.0 Å². The van der Waals surface area contributed by atoms with Crippen molar-refractivity contribution in [2.75, 3.05) is 19.7 Å². The summed E-state index contributed by atoms with van der Waals surface area (Å²) in [4.78, 5) is 39.2.